The molecule has 1 N–H and O–H groups in total. The Hall–Kier alpha value is -3.40. The van der Waals surface area contributed by atoms with E-state index in [-0.39, 0.29) is 29.7 Å². The summed E-state index contributed by atoms with van der Waals surface area (Å²) in [7, 11) is 0. The maximum Gasteiger partial charge on any atom is 0.408 e. The average Bonchev–Trinajstić information content (AvgIpc) is 3.18. The highest BCUT2D eigenvalue weighted by Gasteiger charge is 2.37. The Labute approximate surface area is 219 Å². The van der Waals surface area contributed by atoms with Gasteiger partial charge in [-0.2, -0.15) is 0 Å². The van der Waals surface area contributed by atoms with Gasteiger partial charge in [0.1, 0.15) is 22.8 Å². The largest absolute Gasteiger partial charge is 0.444 e. The van der Waals surface area contributed by atoms with E-state index >= 15 is 4.39 Å². The minimum absolute atomic E-state index is 0.0970. The van der Waals surface area contributed by atoms with Gasteiger partial charge in [0, 0.05) is 13.0 Å². The number of hydrogen-bond acceptors (Lipinski definition) is 5. The number of para-hydroxylation sites is 1. The molecule has 0 aliphatic carbocycles. The molecule has 204 valence electrons. The monoisotopic (exact) mass is 530 g/mol. The van der Waals surface area contributed by atoms with Crippen molar-refractivity contribution in [3.63, 3.8) is 0 Å². The molecule has 0 spiro atoms. The van der Waals surface area contributed by atoms with Gasteiger partial charge in [0.15, 0.2) is 0 Å². The molecule has 38 heavy (non-hydrogen) atoms. The van der Waals surface area contributed by atoms with Gasteiger partial charge in [-0.15, -0.1) is 0 Å². The van der Waals surface area contributed by atoms with E-state index in [0.29, 0.717) is 37.2 Å². The van der Waals surface area contributed by atoms with Crippen LogP contribution in [0.2, 0.25) is 0 Å². The Bertz CT molecular complexity index is 1370. The molecular formula is C28H33F3N4O3. The summed E-state index contributed by atoms with van der Waals surface area (Å²) in [6, 6.07) is 10.8. The number of fused-ring (bicyclic) bond motifs is 1. The van der Waals surface area contributed by atoms with E-state index in [9.17, 15) is 18.4 Å². The normalized spacial score (nSPS) is 16.5. The molecule has 1 aromatic heterocycles. The molecule has 1 atom stereocenters. The number of likely N-dealkylation sites (tertiary alicyclic amines) is 1. The Kier molecular flexibility index (Phi) is 7.83. The number of aromatic nitrogens is 2. The second-order valence-corrected chi connectivity index (χ2v) is 10.7. The SMILES string of the molecule is C[C@H](NC(=O)OC(C)(C)C)c1nc2c(F)ccc(CCCN3CCC(F)(F)C3)c2c(=O)n1-c1ccccc1. The highest BCUT2D eigenvalue weighted by Crippen LogP contribution is 2.28. The number of hydrogen-bond donors (Lipinski definition) is 1. The highest BCUT2D eigenvalue weighted by molar-refractivity contribution is 5.82. The third-order valence-corrected chi connectivity index (χ3v) is 6.39. The molecule has 0 bridgehead atoms. The van der Waals surface area contributed by atoms with Crippen LogP contribution in [0.15, 0.2) is 47.3 Å². The molecule has 10 heteroatoms. The van der Waals surface area contributed by atoms with Gasteiger partial charge in [-0.1, -0.05) is 24.3 Å². The topological polar surface area (TPSA) is 76.5 Å². The van der Waals surface area contributed by atoms with E-state index in [1.54, 1.807) is 69.0 Å². The Morgan fingerprint density at radius 2 is 1.89 bits per heavy atom. The third-order valence-electron chi connectivity index (χ3n) is 6.39. The van der Waals surface area contributed by atoms with E-state index in [4.69, 9.17) is 4.74 Å². The van der Waals surface area contributed by atoms with Crippen molar-refractivity contribution in [1.82, 2.24) is 19.8 Å². The zero-order valence-corrected chi connectivity index (χ0v) is 22.1. The molecule has 2 heterocycles. The smallest absolute Gasteiger partial charge is 0.408 e. The summed E-state index contributed by atoms with van der Waals surface area (Å²) in [5, 5.41) is 2.82. The minimum Gasteiger partial charge on any atom is -0.444 e. The van der Waals surface area contributed by atoms with Gasteiger partial charge in [0.05, 0.1) is 23.7 Å². The van der Waals surface area contributed by atoms with Crippen LogP contribution in [-0.4, -0.2) is 51.7 Å². The van der Waals surface area contributed by atoms with Crippen molar-refractivity contribution >= 4 is 17.0 Å². The van der Waals surface area contributed by atoms with Crippen LogP contribution in [0.1, 0.15) is 58.0 Å². The third kappa shape index (κ3) is 6.35. The first kappa shape index (κ1) is 27.6. The zero-order valence-electron chi connectivity index (χ0n) is 22.1. The van der Waals surface area contributed by atoms with Gasteiger partial charge < -0.3 is 10.1 Å². The van der Waals surface area contributed by atoms with Crippen LogP contribution in [0, 0.1) is 5.82 Å². The number of halogens is 3. The zero-order chi connectivity index (χ0) is 27.7. The number of aryl methyl sites for hydroxylation is 1. The lowest BCUT2D eigenvalue weighted by Crippen LogP contribution is -2.37. The number of alkyl carbamates (subject to hydrolysis) is 1. The fraction of sp³-hybridized carbons (Fsp3) is 0.464. The first-order valence-electron chi connectivity index (χ1n) is 12.7. The Balaban J connectivity index is 1.73. The first-order valence-corrected chi connectivity index (χ1v) is 12.7. The van der Waals surface area contributed by atoms with Gasteiger partial charge in [-0.05, 0) is 70.8 Å². The molecule has 7 nitrogen and oxygen atoms in total. The van der Waals surface area contributed by atoms with Gasteiger partial charge in [-0.25, -0.2) is 22.9 Å². The standard InChI is InChI=1S/C28H33F3N4O3/c1-18(32-26(37)38-27(2,3)4)24-33-23-21(29)13-12-19(9-8-15-34-16-14-28(30,31)17-34)22(23)25(36)35(24)20-10-6-5-7-11-20/h5-7,10-13,18H,8-9,14-17H2,1-4H3,(H,32,37)/t18-/m0/s1. The number of nitrogens with zero attached hydrogens (tertiary/aromatic N) is 3. The van der Waals surface area contributed by atoms with E-state index < -0.39 is 35.0 Å². The molecule has 2 aromatic carbocycles. The van der Waals surface area contributed by atoms with Crippen LogP contribution >= 0.6 is 0 Å². The summed E-state index contributed by atoms with van der Waals surface area (Å²) in [6.07, 6.45) is 0.0761. The van der Waals surface area contributed by atoms with Crippen LogP contribution in [0.25, 0.3) is 16.6 Å². The molecule has 1 aliphatic rings. The number of nitrogens with one attached hydrogen (secondary N) is 1. The van der Waals surface area contributed by atoms with Crippen molar-refractivity contribution < 1.29 is 22.7 Å². The number of ether oxygens (including phenoxy) is 1. The highest BCUT2D eigenvalue weighted by atomic mass is 19.3. The number of carbonyl (C=O) groups excluding carboxylic acids is 1. The molecule has 1 amide bonds. The minimum atomic E-state index is -2.67. The summed E-state index contributed by atoms with van der Waals surface area (Å²) in [6.45, 7) is 7.35. The van der Waals surface area contributed by atoms with Crippen molar-refractivity contribution in [1.29, 1.82) is 0 Å². The molecule has 0 radical (unpaired) electrons. The maximum atomic E-state index is 15.0. The predicted octanol–water partition coefficient (Wildman–Crippen LogP) is 5.38. The number of amides is 1. The van der Waals surface area contributed by atoms with E-state index in [1.807, 2.05) is 0 Å². The van der Waals surface area contributed by atoms with Crippen molar-refractivity contribution in [2.24, 2.45) is 0 Å². The number of carbonyl (C=O) groups is 1. The van der Waals surface area contributed by atoms with Crippen LogP contribution in [0.3, 0.4) is 0 Å². The lowest BCUT2D eigenvalue weighted by Gasteiger charge is -2.23. The summed E-state index contributed by atoms with van der Waals surface area (Å²) in [4.78, 5) is 32.6. The molecule has 1 aliphatic heterocycles. The molecule has 1 saturated heterocycles. The van der Waals surface area contributed by atoms with Crippen molar-refractivity contribution in [3.8, 4) is 5.69 Å². The second kappa shape index (κ2) is 10.8. The Morgan fingerprint density at radius 3 is 2.53 bits per heavy atom. The first-order chi connectivity index (χ1) is 17.8. The van der Waals surface area contributed by atoms with E-state index in [2.05, 4.69) is 10.3 Å². The number of alkyl halides is 2. The maximum absolute atomic E-state index is 15.0. The fourth-order valence-electron chi connectivity index (χ4n) is 4.70. The van der Waals surface area contributed by atoms with Gasteiger partial charge >= 0.3 is 6.09 Å². The summed E-state index contributed by atoms with van der Waals surface area (Å²) in [5.41, 5.74) is -0.203. The molecule has 1 fully saturated rings. The van der Waals surface area contributed by atoms with Gasteiger partial charge in [-0.3, -0.25) is 14.3 Å². The van der Waals surface area contributed by atoms with Crippen LogP contribution < -0.4 is 10.9 Å². The fourth-order valence-corrected chi connectivity index (χ4v) is 4.70. The summed E-state index contributed by atoms with van der Waals surface area (Å²) < 4.78 is 48.9. The lowest BCUT2D eigenvalue weighted by atomic mass is 10.0. The van der Waals surface area contributed by atoms with Crippen molar-refractivity contribution in [2.45, 2.75) is 64.5 Å². The number of benzene rings is 2. The predicted molar refractivity (Wildman–Crippen MR) is 139 cm³/mol. The molecular weight excluding hydrogens is 497 g/mol. The van der Waals surface area contributed by atoms with Crippen LogP contribution in [0.4, 0.5) is 18.0 Å². The summed E-state index contributed by atoms with van der Waals surface area (Å²) in [5.74, 6) is -3.18. The van der Waals surface area contributed by atoms with Crippen molar-refractivity contribution in [3.05, 3.63) is 70.0 Å². The van der Waals surface area contributed by atoms with Crippen LogP contribution in [-0.2, 0) is 11.2 Å². The molecule has 3 aromatic rings. The van der Waals surface area contributed by atoms with Crippen LogP contribution in [0.5, 0.6) is 0 Å². The molecule has 4 rings (SSSR count). The average molecular weight is 531 g/mol. The van der Waals surface area contributed by atoms with E-state index in [1.165, 1.54) is 10.6 Å². The number of rotatable bonds is 7. The van der Waals surface area contributed by atoms with Gasteiger partial charge in [0.25, 0.3) is 11.5 Å². The Morgan fingerprint density at radius 1 is 1.18 bits per heavy atom. The van der Waals surface area contributed by atoms with E-state index in [0.717, 1.165) is 0 Å². The quantitative estimate of drug-likeness (QED) is 0.444. The van der Waals surface area contributed by atoms with Crippen molar-refractivity contribution in [2.75, 3.05) is 19.6 Å². The van der Waals surface area contributed by atoms with Gasteiger partial charge in [0.2, 0.25) is 0 Å². The molecule has 0 unspecified atom stereocenters. The second-order valence-electron chi connectivity index (χ2n) is 10.7. The summed E-state index contributed by atoms with van der Waals surface area (Å²) >= 11 is 0. The lowest BCUT2D eigenvalue weighted by molar-refractivity contribution is 0.0121. The molecule has 0 saturated carbocycles.